The third-order valence-electron chi connectivity index (χ3n) is 2.87. The van der Waals surface area contributed by atoms with Gasteiger partial charge in [0.25, 0.3) is 0 Å². The van der Waals surface area contributed by atoms with Gasteiger partial charge in [0, 0.05) is 23.5 Å². The lowest BCUT2D eigenvalue weighted by atomic mass is 9.75. The molecule has 2 rings (SSSR count). The van der Waals surface area contributed by atoms with Crippen molar-refractivity contribution in [3.05, 3.63) is 34.3 Å². The van der Waals surface area contributed by atoms with Gasteiger partial charge in [0.05, 0.1) is 0 Å². The molecule has 2 heteroatoms. The Morgan fingerprint density at radius 2 is 2.08 bits per heavy atom. The van der Waals surface area contributed by atoms with E-state index in [0.717, 1.165) is 18.1 Å². The normalized spacial score (nSPS) is 19.6. The SMILES string of the molecule is Cc1cc(Cl)ccc1C1(C)CNC1. The van der Waals surface area contributed by atoms with Gasteiger partial charge in [0.2, 0.25) is 0 Å². The smallest absolute Gasteiger partial charge is 0.0408 e. The van der Waals surface area contributed by atoms with Gasteiger partial charge >= 0.3 is 0 Å². The molecule has 1 aromatic carbocycles. The first-order valence-corrected chi connectivity index (χ1v) is 4.97. The van der Waals surface area contributed by atoms with Crippen LogP contribution in [0.4, 0.5) is 0 Å². The van der Waals surface area contributed by atoms with Crippen molar-refractivity contribution in [1.82, 2.24) is 5.32 Å². The van der Waals surface area contributed by atoms with Crippen molar-refractivity contribution >= 4 is 11.6 Å². The van der Waals surface area contributed by atoms with Gasteiger partial charge in [-0.2, -0.15) is 0 Å². The van der Waals surface area contributed by atoms with Gasteiger partial charge in [-0.3, -0.25) is 0 Å². The molecule has 1 aromatic rings. The van der Waals surface area contributed by atoms with Gasteiger partial charge in [-0.1, -0.05) is 24.6 Å². The van der Waals surface area contributed by atoms with Crippen LogP contribution in [0.5, 0.6) is 0 Å². The highest BCUT2D eigenvalue weighted by atomic mass is 35.5. The van der Waals surface area contributed by atoms with E-state index in [1.165, 1.54) is 11.1 Å². The highest BCUT2D eigenvalue weighted by Gasteiger charge is 2.34. The van der Waals surface area contributed by atoms with Crippen LogP contribution in [0.1, 0.15) is 18.1 Å². The second-order valence-corrected chi connectivity index (χ2v) is 4.56. The number of halogens is 1. The molecule has 1 aliphatic heterocycles. The highest BCUT2D eigenvalue weighted by Crippen LogP contribution is 2.31. The zero-order valence-corrected chi connectivity index (χ0v) is 8.78. The molecule has 13 heavy (non-hydrogen) atoms. The van der Waals surface area contributed by atoms with E-state index in [9.17, 15) is 0 Å². The number of hydrogen-bond donors (Lipinski definition) is 1. The molecule has 0 spiro atoms. The van der Waals surface area contributed by atoms with E-state index in [0.29, 0.717) is 5.41 Å². The Balaban J connectivity index is 2.40. The van der Waals surface area contributed by atoms with Crippen LogP contribution in [0, 0.1) is 6.92 Å². The third-order valence-corrected chi connectivity index (χ3v) is 3.10. The number of hydrogen-bond acceptors (Lipinski definition) is 1. The number of nitrogens with one attached hydrogen (secondary N) is 1. The molecule has 0 unspecified atom stereocenters. The van der Waals surface area contributed by atoms with Crippen LogP contribution in [0.15, 0.2) is 18.2 Å². The van der Waals surface area contributed by atoms with Crippen LogP contribution in [-0.2, 0) is 5.41 Å². The largest absolute Gasteiger partial charge is 0.315 e. The number of rotatable bonds is 1. The van der Waals surface area contributed by atoms with Crippen LogP contribution < -0.4 is 5.32 Å². The summed E-state index contributed by atoms with van der Waals surface area (Å²) in [5, 5.41) is 4.14. The fraction of sp³-hybridized carbons (Fsp3) is 0.455. The quantitative estimate of drug-likeness (QED) is 0.726. The Morgan fingerprint density at radius 3 is 2.54 bits per heavy atom. The maximum atomic E-state index is 5.91. The summed E-state index contributed by atoms with van der Waals surface area (Å²) in [6.07, 6.45) is 0. The first-order valence-electron chi connectivity index (χ1n) is 4.59. The van der Waals surface area contributed by atoms with Crippen LogP contribution in [-0.4, -0.2) is 13.1 Å². The van der Waals surface area contributed by atoms with E-state index in [1.807, 2.05) is 12.1 Å². The average Bonchev–Trinajstić information content (AvgIpc) is 2.00. The predicted molar refractivity (Wildman–Crippen MR) is 56.4 cm³/mol. The Labute approximate surface area is 84.1 Å². The predicted octanol–water partition coefficient (Wildman–Crippen LogP) is 2.51. The molecular formula is C11H14ClN. The third kappa shape index (κ3) is 1.47. The Hall–Kier alpha value is -0.530. The van der Waals surface area contributed by atoms with Crippen molar-refractivity contribution in [2.24, 2.45) is 0 Å². The first kappa shape index (κ1) is 9.04. The summed E-state index contributed by atoms with van der Waals surface area (Å²) < 4.78 is 0. The van der Waals surface area contributed by atoms with Crippen LogP contribution in [0.25, 0.3) is 0 Å². The van der Waals surface area contributed by atoms with Crippen molar-refractivity contribution < 1.29 is 0 Å². The minimum atomic E-state index is 0.328. The molecule has 0 amide bonds. The highest BCUT2D eigenvalue weighted by molar-refractivity contribution is 6.30. The van der Waals surface area contributed by atoms with Gasteiger partial charge in [-0.05, 0) is 30.2 Å². The monoisotopic (exact) mass is 195 g/mol. The molecule has 70 valence electrons. The summed E-state index contributed by atoms with van der Waals surface area (Å²) >= 11 is 5.91. The molecular weight excluding hydrogens is 182 g/mol. The van der Waals surface area contributed by atoms with Crippen molar-refractivity contribution in [1.29, 1.82) is 0 Å². The molecule has 1 nitrogen and oxygen atoms in total. The van der Waals surface area contributed by atoms with Crippen molar-refractivity contribution in [2.75, 3.05) is 13.1 Å². The Morgan fingerprint density at radius 1 is 1.38 bits per heavy atom. The maximum absolute atomic E-state index is 5.91. The molecule has 0 atom stereocenters. The average molecular weight is 196 g/mol. The number of benzene rings is 1. The lowest BCUT2D eigenvalue weighted by Crippen LogP contribution is -2.54. The molecule has 0 saturated carbocycles. The standard InChI is InChI=1S/C11H14ClN/c1-8-5-9(12)3-4-10(8)11(2)6-13-7-11/h3-5,13H,6-7H2,1-2H3. The van der Waals surface area contributed by atoms with E-state index in [2.05, 4.69) is 25.2 Å². The van der Waals surface area contributed by atoms with Crippen molar-refractivity contribution in [3.63, 3.8) is 0 Å². The van der Waals surface area contributed by atoms with E-state index < -0.39 is 0 Å². The van der Waals surface area contributed by atoms with Crippen LogP contribution in [0.3, 0.4) is 0 Å². The number of aryl methyl sites for hydroxylation is 1. The van der Waals surface area contributed by atoms with E-state index in [4.69, 9.17) is 11.6 Å². The summed E-state index contributed by atoms with van der Waals surface area (Å²) in [7, 11) is 0. The maximum Gasteiger partial charge on any atom is 0.0408 e. The Kier molecular flexibility index (Phi) is 2.09. The molecule has 0 aromatic heterocycles. The van der Waals surface area contributed by atoms with Gasteiger partial charge in [0.1, 0.15) is 0 Å². The van der Waals surface area contributed by atoms with Gasteiger partial charge in [-0.25, -0.2) is 0 Å². The zero-order chi connectivity index (χ0) is 9.47. The first-order chi connectivity index (χ1) is 6.12. The molecule has 1 fully saturated rings. The van der Waals surface area contributed by atoms with Gasteiger partial charge < -0.3 is 5.32 Å². The molecule has 1 aliphatic rings. The summed E-state index contributed by atoms with van der Waals surface area (Å²) in [6, 6.07) is 6.17. The molecule has 1 N–H and O–H groups in total. The lowest BCUT2D eigenvalue weighted by Gasteiger charge is -2.40. The minimum absolute atomic E-state index is 0.328. The van der Waals surface area contributed by atoms with E-state index in [-0.39, 0.29) is 0 Å². The zero-order valence-electron chi connectivity index (χ0n) is 8.02. The second-order valence-electron chi connectivity index (χ2n) is 4.12. The summed E-state index contributed by atoms with van der Waals surface area (Å²) in [5.41, 5.74) is 3.06. The second kappa shape index (κ2) is 3.00. The summed E-state index contributed by atoms with van der Waals surface area (Å²) in [4.78, 5) is 0. The van der Waals surface area contributed by atoms with Crippen molar-refractivity contribution in [2.45, 2.75) is 19.3 Å². The topological polar surface area (TPSA) is 12.0 Å². The summed E-state index contributed by atoms with van der Waals surface area (Å²) in [6.45, 7) is 6.58. The minimum Gasteiger partial charge on any atom is -0.315 e. The molecule has 1 saturated heterocycles. The van der Waals surface area contributed by atoms with Crippen molar-refractivity contribution in [3.8, 4) is 0 Å². The van der Waals surface area contributed by atoms with E-state index >= 15 is 0 Å². The van der Waals surface area contributed by atoms with E-state index in [1.54, 1.807) is 0 Å². The summed E-state index contributed by atoms with van der Waals surface area (Å²) in [5.74, 6) is 0. The Bertz CT molecular complexity index is 329. The lowest BCUT2D eigenvalue weighted by molar-refractivity contribution is 0.304. The molecule has 0 aliphatic carbocycles. The molecule has 0 radical (unpaired) electrons. The fourth-order valence-electron chi connectivity index (χ4n) is 1.99. The fourth-order valence-corrected chi connectivity index (χ4v) is 2.22. The van der Waals surface area contributed by atoms with Gasteiger partial charge in [-0.15, -0.1) is 0 Å². The van der Waals surface area contributed by atoms with Crippen LogP contribution in [0.2, 0.25) is 5.02 Å². The van der Waals surface area contributed by atoms with Gasteiger partial charge in [0.15, 0.2) is 0 Å². The molecule has 1 heterocycles. The molecule has 0 bridgehead atoms. The van der Waals surface area contributed by atoms with Crippen LogP contribution >= 0.6 is 11.6 Å².